The number of carbonyl (C=O) groups excluding carboxylic acids is 1. The highest BCUT2D eigenvalue weighted by Gasteiger charge is 2.17. The lowest BCUT2D eigenvalue weighted by molar-refractivity contribution is 0.0746. The van der Waals surface area contributed by atoms with Gasteiger partial charge in [-0.3, -0.25) is 4.79 Å². The molecule has 0 atom stereocenters. The van der Waals surface area contributed by atoms with Crippen LogP contribution in [-0.4, -0.2) is 27.3 Å². The van der Waals surface area contributed by atoms with Crippen LogP contribution >= 0.6 is 0 Å². The SMILES string of the molecule is CCN(Cc1ccccc1)C(=O)c1cc(Nc2cccc(F)c2)nc(C)n1. The third kappa shape index (κ3) is 4.88. The fourth-order valence-electron chi connectivity index (χ4n) is 2.75. The molecular weight excluding hydrogens is 343 g/mol. The third-order valence-electron chi connectivity index (χ3n) is 4.04. The summed E-state index contributed by atoms with van der Waals surface area (Å²) < 4.78 is 13.4. The van der Waals surface area contributed by atoms with Gasteiger partial charge in [-0.25, -0.2) is 14.4 Å². The number of hydrogen-bond acceptors (Lipinski definition) is 4. The first-order valence-corrected chi connectivity index (χ1v) is 8.76. The molecule has 138 valence electrons. The topological polar surface area (TPSA) is 58.1 Å². The molecule has 3 aromatic rings. The molecule has 27 heavy (non-hydrogen) atoms. The molecule has 0 saturated carbocycles. The maximum absolute atomic E-state index is 13.4. The average Bonchev–Trinajstić information content (AvgIpc) is 2.66. The normalized spacial score (nSPS) is 10.5. The zero-order chi connectivity index (χ0) is 19.2. The minimum absolute atomic E-state index is 0.172. The minimum Gasteiger partial charge on any atom is -0.340 e. The number of benzene rings is 2. The quantitative estimate of drug-likeness (QED) is 0.707. The lowest BCUT2D eigenvalue weighted by atomic mass is 10.2. The van der Waals surface area contributed by atoms with Crippen molar-refractivity contribution in [3.05, 3.63) is 83.6 Å². The van der Waals surface area contributed by atoms with Gasteiger partial charge in [0.1, 0.15) is 23.2 Å². The summed E-state index contributed by atoms with van der Waals surface area (Å²) in [5.74, 6) is 0.402. The molecule has 1 aromatic heterocycles. The zero-order valence-electron chi connectivity index (χ0n) is 15.3. The van der Waals surface area contributed by atoms with Crippen molar-refractivity contribution < 1.29 is 9.18 Å². The second-order valence-corrected chi connectivity index (χ2v) is 6.13. The van der Waals surface area contributed by atoms with Gasteiger partial charge in [-0.15, -0.1) is 0 Å². The van der Waals surface area contributed by atoms with E-state index < -0.39 is 0 Å². The van der Waals surface area contributed by atoms with Crippen molar-refractivity contribution in [2.45, 2.75) is 20.4 Å². The third-order valence-corrected chi connectivity index (χ3v) is 4.04. The number of rotatable bonds is 6. The second-order valence-electron chi connectivity index (χ2n) is 6.13. The van der Waals surface area contributed by atoms with Gasteiger partial charge in [-0.05, 0) is 37.6 Å². The molecule has 0 spiro atoms. The molecule has 2 aromatic carbocycles. The Morgan fingerprint density at radius 2 is 1.85 bits per heavy atom. The number of nitrogens with one attached hydrogen (secondary N) is 1. The molecule has 0 saturated heterocycles. The van der Waals surface area contributed by atoms with Crippen LogP contribution in [0.5, 0.6) is 0 Å². The van der Waals surface area contributed by atoms with Gasteiger partial charge in [0.05, 0.1) is 0 Å². The van der Waals surface area contributed by atoms with Crippen molar-refractivity contribution in [2.24, 2.45) is 0 Å². The molecule has 6 heteroatoms. The molecule has 1 N–H and O–H groups in total. The van der Waals surface area contributed by atoms with Crippen LogP contribution < -0.4 is 5.32 Å². The number of amides is 1. The van der Waals surface area contributed by atoms with Gasteiger partial charge in [0.15, 0.2) is 0 Å². The molecule has 1 amide bonds. The van der Waals surface area contributed by atoms with Crippen LogP contribution in [0.4, 0.5) is 15.9 Å². The summed E-state index contributed by atoms with van der Waals surface area (Å²) in [6.07, 6.45) is 0. The largest absolute Gasteiger partial charge is 0.340 e. The van der Waals surface area contributed by atoms with Gasteiger partial charge >= 0.3 is 0 Å². The molecule has 0 unspecified atom stereocenters. The van der Waals surface area contributed by atoms with Crippen molar-refractivity contribution in [1.29, 1.82) is 0 Å². The van der Waals surface area contributed by atoms with E-state index in [1.54, 1.807) is 30.0 Å². The number of halogens is 1. The van der Waals surface area contributed by atoms with Crippen molar-refractivity contribution in [1.82, 2.24) is 14.9 Å². The van der Waals surface area contributed by atoms with E-state index in [1.807, 2.05) is 37.3 Å². The van der Waals surface area contributed by atoms with Crippen LogP contribution in [0.1, 0.15) is 28.8 Å². The van der Waals surface area contributed by atoms with Crippen LogP contribution in [0.25, 0.3) is 0 Å². The number of carbonyl (C=O) groups is 1. The van der Waals surface area contributed by atoms with E-state index in [2.05, 4.69) is 15.3 Å². The van der Waals surface area contributed by atoms with Crippen molar-refractivity contribution in [3.63, 3.8) is 0 Å². The van der Waals surface area contributed by atoms with Gasteiger partial charge in [0.2, 0.25) is 0 Å². The molecule has 0 aliphatic rings. The molecule has 0 bridgehead atoms. The predicted octanol–water partition coefficient (Wildman–Crippen LogP) is 4.33. The monoisotopic (exact) mass is 364 g/mol. The second kappa shape index (κ2) is 8.40. The predicted molar refractivity (Wildman–Crippen MR) is 103 cm³/mol. The maximum Gasteiger partial charge on any atom is 0.272 e. The Bertz CT molecular complexity index is 930. The highest BCUT2D eigenvalue weighted by Crippen LogP contribution is 2.18. The Kier molecular flexibility index (Phi) is 5.76. The molecule has 0 aliphatic carbocycles. The van der Waals surface area contributed by atoms with Gasteiger partial charge in [0, 0.05) is 24.8 Å². The fourth-order valence-corrected chi connectivity index (χ4v) is 2.75. The standard InChI is InChI=1S/C21H21FN4O/c1-3-26(14-16-8-5-4-6-9-16)21(27)19-13-20(24-15(2)23-19)25-18-11-7-10-17(22)12-18/h4-13H,3,14H2,1-2H3,(H,23,24,25). The Morgan fingerprint density at radius 1 is 1.07 bits per heavy atom. The molecule has 0 fully saturated rings. The molecular formula is C21H21FN4O. The van der Waals surface area contributed by atoms with E-state index in [9.17, 15) is 9.18 Å². The van der Waals surface area contributed by atoms with Gasteiger partial charge < -0.3 is 10.2 Å². The Balaban J connectivity index is 1.82. The number of nitrogens with zero attached hydrogens (tertiary/aromatic N) is 3. The van der Waals surface area contributed by atoms with E-state index in [4.69, 9.17) is 0 Å². The van der Waals surface area contributed by atoms with Crippen molar-refractivity contribution in [3.8, 4) is 0 Å². The van der Waals surface area contributed by atoms with Crippen LogP contribution in [0, 0.1) is 12.7 Å². The number of aryl methyl sites for hydroxylation is 1. The summed E-state index contributed by atoms with van der Waals surface area (Å²) in [6.45, 7) is 4.72. The first kappa shape index (κ1) is 18.5. The molecule has 1 heterocycles. The summed E-state index contributed by atoms with van der Waals surface area (Å²) in [7, 11) is 0. The molecule has 3 rings (SSSR count). The highest BCUT2D eigenvalue weighted by molar-refractivity contribution is 5.93. The van der Waals surface area contributed by atoms with Crippen molar-refractivity contribution in [2.75, 3.05) is 11.9 Å². The lowest BCUT2D eigenvalue weighted by Crippen LogP contribution is -2.31. The van der Waals surface area contributed by atoms with Crippen molar-refractivity contribution >= 4 is 17.4 Å². The van der Waals surface area contributed by atoms with Gasteiger partial charge in [-0.1, -0.05) is 36.4 Å². The Labute approximate surface area is 157 Å². The zero-order valence-corrected chi connectivity index (χ0v) is 15.3. The Hall–Kier alpha value is -3.28. The van der Waals surface area contributed by atoms with Gasteiger partial charge in [0.25, 0.3) is 5.91 Å². The smallest absolute Gasteiger partial charge is 0.272 e. The fraction of sp³-hybridized carbons (Fsp3) is 0.190. The summed E-state index contributed by atoms with van der Waals surface area (Å²) in [4.78, 5) is 23.2. The summed E-state index contributed by atoms with van der Waals surface area (Å²) in [5.41, 5.74) is 1.92. The summed E-state index contributed by atoms with van der Waals surface area (Å²) in [6, 6.07) is 17.5. The highest BCUT2D eigenvalue weighted by atomic mass is 19.1. The number of aromatic nitrogens is 2. The van der Waals surface area contributed by atoms with Gasteiger partial charge in [-0.2, -0.15) is 0 Å². The summed E-state index contributed by atoms with van der Waals surface area (Å²) >= 11 is 0. The van der Waals surface area contributed by atoms with Crippen LogP contribution in [0.15, 0.2) is 60.7 Å². The average molecular weight is 364 g/mol. The Morgan fingerprint density at radius 3 is 2.56 bits per heavy atom. The van der Waals surface area contributed by atoms with E-state index in [1.165, 1.54) is 12.1 Å². The van der Waals surface area contributed by atoms with Crippen LogP contribution in [0.3, 0.4) is 0 Å². The summed E-state index contributed by atoms with van der Waals surface area (Å²) in [5, 5.41) is 3.03. The first-order chi connectivity index (χ1) is 13.0. The molecule has 0 aliphatic heterocycles. The molecule has 5 nitrogen and oxygen atoms in total. The maximum atomic E-state index is 13.4. The van der Waals surface area contributed by atoms with Crippen LogP contribution in [-0.2, 0) is 6.54 Å². The first-order valence-electron chi connectivity index (χ1n) is 8.76. The van der Waals surface area contributed by atoms with E-state index in [-0.39, 0.29) is 11.7 Å². The molecule has 0 radical (unpaired) electrons. The van der Waals surface area contributed by atoms with E-state index >= 15 is 0 Å². The van der Waals surface area contributed by atoms with E-state index in [0.717, 1.165) is 5.56 Å². The number of anilines is 2. The van der Waals surface area contributed by atoms with Crippen LogP contribution in [0.2, 0.25) is 0 Å². The number of hydrogen-bond donors (Lipinski definition) is 1. The van der Waals surface area contributed by atoms with E-state index in [0.29, 0.717) is 36.1 Å². The minimum atomic E-state index is -0.345. The lowest BCUT2D eigenvalue weighted by Gasteiger charge is -2.21.